The lowest BCUT2D eigenvalue weighted by atomic mass is 10.2. The Kier molecular flexibility index (Phi) is 3.89. The maximum absolute atomic E-state index is 12.1. The summed E-state index contributed by atoms with van der Waals surface area (Å²) in [5.74, 6) is -0.239. The van der Waals surface area contributed by atoms with Crippen molar-refractivity contribution in [3.05, 3.63) is 24.3 Å². The Bertz CT molecular complexity index is 515. The first-order valence-electron chi connectivity index (χ1n) is 5.87. The highest BCUT2D eigenvalue weighted by atomic mass is 32.2. The molecule has 1 aromatic carbocycles. The van der Waals surface area contributed by atoms with Gasteiger partial charge in [-0.3, -0.25) is 0 Å². The fraction of sp³-hybridized carbons (Fsp3) is 0.500. The van der Waals surface area contributed by atoms with E-state index >= 15 is 0 Å². The fourth-order valence-electron chi connectivity index (χ4n) is 2.29. The molecule has 2 N–H and O–H groups in total. The number of benzene rings is 1. The zero-order chi connectivity index (χ0) is 13.2. The second kappa shape index (κ2) is 5.26. The van der Waals surface area contributed by atoms with Crippen LogP contribution in [0.15, 0.2) is 29.2 Å². The second-order valence-electron chi connectivity index (χ2n) is 4.40. The first-order chi connectivity index (χ1) is 8.54. The Morgan fingerprint density at radius 1 is 1.33 bits per heavy atom. The van der Waals surface area contributed by atoms with Crippen LogP contribution in [0.4, 0.5) is 0 Å². The summed E-state index contributed by atoms with van der Waals surface area (Å²) in [7, 11) is -2.12. The molecule has 2 atom stereocenters. The SMILES string of the molecule is COC1CCCC1NS(=O)(=O)c1ccccc1O. The van der Waals surface area contributed by atoms with Crippen molar-refractivity contribution >= 4 is 10.0 Å². The van der Waals surface area contributed by atoms with Gasteiger partial charge in [-0.05, 0) is 31.4 Å². The smallest absolute Gasteiger partial charge is 0.244 e. The summed E-state index contributed by atoms with van der Waals surface area (Å²) in [6.45, 7) is 0. The largest absolute Gasteiger partial charge is 0.507 e. The lowest BCUT2D eigenvalue weighted by Gasteiger charge is -2.19. The minimum atomic E-state index is -3.70. The standard InChI is InChI=1S/C12H17NO4S/c1-17-11-7-4-5-9(11)13-18(15,16)12-8-3-2-6-10(12)14/h2-3,6,8-9,11,13-14H,4-5,7H2,1H3. The van der Waals surface area contributed by atoms with Crippen LogP contribution in [0.5, 0.6) is 5.75 Å². The van der Waals surface area contributed by atoms with Crippen LogP contribution < -0.4 is 4.72 Å². The zero-order valence-corrected chi connectivity index (χ0v) is 11.0. The second-order valence-corrected chi connectivity index (χ2v) is 6.08. The monoisotopic (exact) mass is 271 g/mol. The van der Waals surface area contributed by atoms with Crippen molar-refractivity contribution in [1.82, 2.24) is 4.72 Å². The number of phenols is 1. The van der Waals surface area contributed by atoms with Crippen LogP contribution in [0, 0.1) is 0 Å². The summed E-state index contributed by atoms with van der Waals surface area (Å²) in [5, 5.41) is 9.59. The van der Waals surface area contributed by atoms with Crippen LogP contribution in [-0.4, -0.2) is 32.8 Å². The number of hydrogen-bond acceptors (Lipinski definition) is 4. The molecule has 0 radical (unpaired) electrons. The highest BCUT2D eigenvalue weighted by Gasteiger charge is 2.32. The first kappa shape index (κ1) is 13.3. The van der Waals surface area contributed by atoms with Gasteiger partial charge >= 0.3 is 0 Å². The van der Waals surface area contributed by atoms with Crippen molar-refractivity contribution in [3.63, 3.8) is 0 Å². The van der Waals surface area contributed by atoms with Gasteiger partial charge in [0.15, 0.2) is 0 Å². The van der Waals surface area contributed by atoms with Gasteiger partial charge in [-0.2, -0.15) is 0 Å². The molecule has 1 fully saturated rings. The molecule has 0 aliphatic heterocycles. The minimum Gasteiger partial charge on any atom is -0.507 e. The molecule has 18 heavy (non-hydrogen) atoms. The molecular formula is C12H17NO4S. The summed E-state index contributed by atoms with van der Waals surface area (Å²) < 4.78 is 32.1. The lowest BCUT2D eigenvalue weighted by Crippen LogP contribution is -2.40. The number of phenolic OH excluding ortho intramolecular Hbond substituents is 1. The van der Waals surface area contributed by atoms with Crippen molar-refractivity contribution < 1.29 is 18.3 Å². The van der Waals surface area contributed by atoms with E-state index in [1.54, 1.807) is 19.2 Å². The van der Waals surface area contributed by atoms with E-state index < -0.39 is 10.0 Å². The Balaban J connectivity index is 2.20. The third kappa shape index (κ3) is 2.66. The van der Waals surface area contributed by atoms with Crippen molar-refractivity contribution in [2.45, 2.75) is 36.3 Å². The molecule has 5 nitrogen and oxygen atoms in total. The average Bonchev–Trinajstić information content (AvgIpc) is 2.76. The van der Waals surface area contributed by atoms with E-state index in [0.717, 1.165) is 19.3 Å². The number of sulfonamides is 1. The average molecular weight is 271 g/mol. The molecule has 1 aliphatic carbocycles. The van der Waals surface area contributed by atoms with Gasteiger partial charge in [-0.1, -0.05) is 12.1 Å². The van der Waals surface area contributed by atoms with Gasteiger partial charge < -0.3 is 9.84 Å². The molecule has 0 saturated heterocycles. The molecule has 2 unspecified atom stereocenters. The fourth-order valence-corrected chi connectivity index (χ4v) is 3.69. The Labute approximate surface area is 107 Å². The number of methoxy groups -OCH3 is 1. The number of ether oxygens (including phenoxy) is 1. The van der Waals surface area contributed by atoms with Crippen molar-refractivity contribution in [2.24, 2.45) is 0 Å². The summed E-state index contributed by atoms with van der Waals surface area (Å²) >= 11 is 0. The van der Waals surface area contributed by atoms with Gasteiger partial charge in [-0.25, -0.2) is 13.1 Å². The zero-order valence-electron chi connectivity index (χ0n) is 10.2. The summed E-state index contributed by atoms with van der Waals surface area (Å²) in [4.78, 5) is -0.0910. The molecule has 1 aromatic rings. The Morgan fingerprint density at radius 2 is 2.06 bits per heavy atom. The van der Waals surface area contributed by atoms with Gasteiger partial charge in [0.25, 0.3) is 0 Å². The number of aromatic hydroxyl groups is 1. The van der Waals surface area contributed by atoms with E-state index in [9.17, 15) is 13.5 Å². The molecule has 2 rings (SSSR count). The number of hydrogen-bond donors (Lipinski definition) is 2. The Hall–Kier alpha value is -1.11. The van der Waals surface area contributed by atoms with Crippen LogP contribution >= 0.6 is 0 Å². The molecule has 1 aliphatic rings. The van der Waals surface area contributed by atoms with E-state index in [0.29, 0.717) is 0 Å². The van der Waals surface area contributed by atoms with Gasteiger partial charge in [0.1, 0.15) is 10.6 Å². The van der Waals surface area contributed by atoms with Crippen LogP contribution in [-0.2, 0) is 14.8 Å². The quantitative estimate of drug-likeness (QED) is 0.864. The molecule has 0 bridgehead atoms. The van der Waals surface area contributed by atoms with Crippen LogP contribution in [0.3, 0.4) is 0 Å². The highest BCUT2D eigenvalue weighted by Crippen LogP contribution is 2.26. The number of nitrogens with one attached hydrogen (secondary N) is 1. The molecule has 6 heteroatoms. The van der Waals surface area contributed by atoms with Crippen LogP contribution in [0.2, 0.25) is 0 Å². The van der Waals surface area contributed by atoms with Gasteiger partial charge in [0.05, 0.1) is 6.10 Å². The molecule has 0 heterocycles. The summed E-state index contributed by atoms with van der Waals surface area (Å²) in [5.41, 5.74) is 0. The molecule has 100 valence electrons. The number of para-hydroxylation sites is 1. The molecule has 0 aromatic heterocycles. The van der Waals surface area contributed by atoms with Crippen molar-refractivity contribution in [1.29, 1.82) is 0 Å². The Morgan fingerprint density at radius 3 is 2.72 bits per heavy atom. The predicted molar refractivity (Wildman–Crippen MR) is 66.9 cm³/mol. The molecule has 0 amide bonds. The summed E-state index contributed by atoms with van der Waals surface area (Å²) in [6, 6.07) is 5.68. The topological polar surface area (TPSA) is 75.6 Å². The summed E-state index contributed by atoms with van der Waals surface area (Å²) in [6.07, 6.45) is 2.45. The van der Waals surface area contributed by atoms with E-state index in [4.69, 9.17) is 4.74 Å². The first-order valence-corrected chi connectivity index (χ1v) is 7.36. The number of rotatable bonds is 4. The predicted octanol–water partition coefficient (Wildman–Crippen LogP) is 1.24. The normalized spacial score (nSPS) is 24.3. The van der Waals surface area contributed by atoms with Crippen molar-refractivity contribution in [2.75, 3.05) is 7.11 Å². The van der Waals surface area contributed by atoms with E-state index in [1.807, 2.05) is 0 Å². The van der Waals surface area contributed by atoms with Crippen LogP contribution in [0.1, 0.15) is 19.3 Å². The molecular weight excluding hydrogens is 254 g/mol. The van der Waals surface area contributed by atoms with Gasteiger partial charge in [0, 0.05) is 13.2 Å². The maximum atomic E-state index is 12.1. The lowest BCUT2D eigenvalue weighted by molar-refractivity contribution is 0.0916. The van der Waals surface area contributed by atoms with E-state index in [2.05, 4.69) is 4.72 Å². The van der Waals surface area contributed by atoms with Crippen molar-refractivity contribution in [3.8, 4) is 5.75 Å². The maximum Gasteiger partial charge on any atom is 0.244 e. The third-order valence-corrected chi connectivity index (χ3v) is 4.75. The highest BCUT2D eigenvalue weighted by molar-refractivity contribution is 7.89. The minimum absolute atomic E-state index is 0.0910. The third-order valence-electron chi connectivity index (χ3n) is 3.22. The molecule has 1 saturated carbocycles. The molecule has 0 spiro atoms. The van der Waals surface area contributed by atoms with Gasteiger partial charge in [0.2, 0.25) is 10.0 Å². The van der Waals surface area contributed by atoms with E-state index in [1.165, 1.54) is 12.1 Å². The van der Waals surface area contributed by atoms with E-state index in [-0.39, 0.29) is 22.8 Å². The van der Waals surface area contributed by atoms with Gasteiger partial charge in [-0.15, -0.1) is 0 Å². The van der Waals surface area contributed by atoms with Crippen LogP contribution in [0.25, 0.3) is 0 Å².